The van der Waals surface area contributed by atoms with Crippen molar-refractivity contribution in [2.75, 3.05) is 13.2 Å². The maximum Gasteiger partial charge on any atom is 0.348 e. The van der Waals surface area contributed by atoms with E-state index in [0.29, 0.717) is 49.7 Å². The van der Waals surface area contributed by atoms with E-state index < -0.39 is 5.97 Å². The maximum absolute atomic E-state index is 13.5. The fourth-order valence-corrected chi connectivity index (χ4v) is 5.91. The van der Waals surface area contributed by atoms with Gasteiger partial charge in [-0.15, -0.1) is 11.3 Å². The topological polar surface area (TPSA) is 70.4 Å². The summed E-state index contributed by atoms with van der Waals surface area (Å²) in [5.41, 5.74) is 1.53. The number of aromatic nitrogens is 2. The molecule has 0 amide bonds. The minimum Gasteiger partial charge on any atom is -0.462 e. The highest BCUT2D eigenvalue weighted by Gasteiger charge is 2.25. The van der Waals surface area contributed by atoms with Crippen molar-refractivity contribution in [3.8, 4) is 0 Å². The lowest BCUT2D eigenvalue weighted by Gasteiger charge is -2.16. The normalized spacial score (nSPS) is 16.2. The number of benzene rings is 1. The number of aryl methyl sites for hydroxylation is 1. The summed E-state index contributed by atoms with van der Waals surface area (Å²) in [6.45, 7) is 4.99. The zero-order chi connectivity index (χ0) is 22.0. The van der Waals surface area contributed by atoms with Gasteiger partial charge in [0, 0.05) is 17.4 Å². The van der Waals surface area contributed by atoms with Crippen molar-refractivity contribution in [3.63, 3.8) is 0 Å². The van der Waals surface area contributed by atoms with E-state index >= 15 is 0 Å². The lowest BCUT2D eigenvalue weighted by molar-refractivity contribution is 0.0531. The summed E-state index contributed by atoms with van der Waals surface area (Å²) < 4.78 is 12.6. The van der Waals surface area contributed by atoms with Crippen LogP contribution in [-0.4, -0.2) is 34.8 Å². The zero-order valence-corrected chi connectivity index (χ0v) is 19.7. The molecule has 4 rings (SSSR count). The van der Waals surface area contributed by atoms with Gasteiger partial charge in [0.15, 0.2) is 5.16 Å². The lowest BCUT2D eigenvalue weighted by atomic mass is 10.2. The molecule has 3 heterocycles. The van der Waals surface area contributed by atoms with Crippen LogP contribution in [0.1, 0.15) is 40.6 Å². The molecule has 0 radical (unpaired) electrons. The predicted octanol–water partition coefficient (Wildman–Crippen LogP) is 5.07. The molecule has 0 N–H and O–H groups in total. The van der Waals surface area contributed by atoms with Gasteiger partial charge in [0.2, 0.25) is 0 Å². The number of thioether (sulfide) groups is 1. The zero-order valence-electron chi connectivity index (χ0n) is 17.4. The van der Waals surface area contributed by atoms with Crippen molar-refractivity contribution in [1.82, 2.24) is 9.55 Å². The second-order valence-corrected chi connectivity index (χ2v) is 9.70. The van der Waals surface area contributed by atoms with Crippen LogP contribution < -0.4 is 5.56 Å². The molecule has 0 bridgehead atoms. The number of nitrogens with zero attached hydrogens (tertiary/aromatic N) is 2. The standard InChI is InChI=1S/C22H23ClN2O4S2/c1-3-28-21(27)18-13(2)17-19(31-18)24-22(30-12-14-6-4-7-15(23)10-14)25(20(17)26)11-16-8-5-9-29-16/h4,6-7,10,16H,3,5,8-9,11-12H2,1-2H3. The monoisotopic (exact) mass is 478 g/mol. The third-order valence-electron chi connectivity index (χ3n) is 5.14. The van der Waals surface area contributed by atoms with Crippen LogP contribution in [0.25, 0.3) is 10.2 Å². The summed E-state index contributed by atoms with van der Waals surface area (Å²) in [5.74, 6) is 0.209. The second-order valence-electron chi connectivity index (χ2n) is 7.32. The smallest absolute Gasteiger partial charge is 0.348 e. The number of hydrogen-bond acceptors (Lipinski definition) is 7. The minimum absolute atomic E-state index is 0.00839. The number of esters is 1. The Morgan fingerprint density at radius 1 is 1.45 bits per heavy atom. The summed E-state index contributed by atoms with van der Waals surface area (Å²) in [6.07, 6.45) is 1.90. The van der Waals surface area contributed by atoms with Gasteiger partial charge in [-0.05, 0) is 49.9 Å². The van der Waals surface area contributed by atoms with Crippen LogP contribution >= 0.6 is 34.7 Å². The number of rotatable bonds is 7. The van der Waals surface area contributed by atoms with Gasteiger partial charge in [0.05, 0.1) is 24.6 Å². The van der Waals surface area contributed by atoms with Crippen LogP contribution in [0.3, 0.4) is 0 Å². The van der Waals surface area contributed by atoms with Gasteiger partial charge in [-0.3, -0.25) is 9.36 Å². The summed E-state index contributed by atoms with van der Waals surface area (Å²) in [7, 11) is 0. The average Bonchev–Trinajstić information content (AvgIpc) is 3.37. The SMILES string of the molecule is CCOC(=O)c1sc2nc(SCc3cccc(Cl)c3)n(CC3CCCO3)c(=O)c2c1C. The van der Waals surface area contributed by atoms with E-state index in [2.05, 4.69) is 0 Å². The number of fused-ring (bicyclic) bond motifs is 1. The number of hydrogen-bond donors (Lipinski definition) is 0. The Bertz CT molecular complexity index is 1170. The molecule has 1 atom stereocenters. The average molecular weight is 479 g/mol. The minimum atomic E-state index is -0.416. The summed E-state index contributed by atoms with van der Waals surface area (Å²) in [6, 6.07) is 7.64. The van der Waals surface area contributed by atoms with Crippen LogP contribution in [-0.2, 0) is 21.8 Å². The van der Waals surface area contributed by atoms with Gasteiger partial charge in [0.25, 0.3) is 5.56 Å². The highest BCUT2D eigenvalue weighted by Crippen LogP contribution is 2.31. The molecule has 0 saturated carbocycles. The molecule has 31 heavy (non-hydrogen) atoms. The van der Waals surface area contributed by atoms with Gasteiger partial charge in [0.1, 0.15) is 9.71 Å². The molecule has 1 fully saturated rings. The molecular formula is C22H23ClN2O4S2. The first-order valence-electron chi connectivity index (χ1n) is 10.2. The third-order valence-corrected chi connectivity index (χ3v) is 7.59. The van der Waals surface area contributed by atoms with Crippen molar-refractivity contribution in [3.05, 3.63) is 55.6 Å². The van der Waals surface area contributed by atoms with Gasteiger partial charge < -0.3 is 9.47 Å². The lowest BCUT2D eigenvalue weighted by Crippen LogP contribution is -2.28. The van der Waals surface area contributed by atoms with Gasteiger partial charge in [-0.2, -0.15) is 0 Å². The second kappa shape index (κ2) is 9.73. The predicted molar refractivity (Wildman–Crippen MR) is 125 cm³/mol. The van der Waals surface area contributed by atoms with Crippen LogP contribution in [0.4, 0.5) is 0 Å². The molecule has 0 spiro atoms. The Labute approximate surface area is 193 Å². The first-order chi connectivity index (χ1) is 15.0. The molecule has 3 aromatic rings. The first-order valence-corrected chi connectivity index (χ1v) is 12.4. The Kier molecular flexibility index (Phi) is 7.01. The highest BCUT2D eigenvalue weighted by atomic mass is 35.5. The Hall–Kier alpha value is -1.87. The highest BCUT2D eigenvalue weighted by molar-refractivity contribution is 7.98. The van der Waals surface area contributed by atoms with E-state index in [1.807, 2.05) is 24.3 Å². The molecule has 1 aromatic carbocycles. The number of thiophene rings is 1. The van der Waals surface area contributed by atoms with Crippen LogP contribution in [0.5, 0.6) is 0 Å². The van der Waals surface area contributed by atoms with Crippen LogP contribution in [0, 0.1) is 6.92 Å². The summed E-state index contributed by atoms with van der Waals surface area (Å²) in [5, 5.41) is 1.77. The molecule has 1 unspecified atom stereocenters. The molecular weight excluding hydrogens is 456 g/mol. The van der Waals surface area contributed by atoms with E-state index in [-0.39, 0.29) is 18.3 Å². The van der Waals surface area contributed by atoms with E-state index in [1.165, 1.54) is 23.1 Å². The third kappa shape index (κ3) is 4.82. The molecule has 164 valence electrons. The van der Waals surface area contributed by atoms with E-state index in [1.54, 1.807) is 18.4 Å². The van der Waals surface area contributed by atoms with Crippen molar-refractivity contribution in [1.29, 1.82) is 0 Å². The number of ether oxygens (including phenoxy) is 2. The van der Waals surface area contributed by atoms with Crippen molar-refractivity contribution >= 4 is 50.9 Å². The summed E-state index contributed by atoms with van der Waals surface area (Å²) in [4.78, 5) is 31.6. The molecule has 0 aliphatic carbocycles. The quantitative estimate of drug-likeness (QED) is 0.268. The number of carbonyl (C=O) groups is 1. The van der Waals surface area contributed by atoms with E-state index in [9.17, 15) is 9.59 Å². The molecule has 1 aliphatic rings. The molecule has 1 saturated heterocycles. The molecule has 2 aromatic heterocycles. The van der Waals surface area contributed by atoms with Gasteiger partial charge >= 0.3 is 5.97 Å². The summed E-state index contributed by atoms with van der Waals surface area (Å²) >= 11 is 8.81. The maximum atomic E-state index is 13.5. The molecule has 6 nitrogen and oxygen atoms in total. The van der Waals surface area contributed by atoms with Crippen LogP contribution in [0.2, 0.25) is 5.02 Å². The van der Waals surface area contributed by atoms with Gasteiger partial charge in [-0.25, -0.2) is 9.78 Å². The fourth-order valence-electron chi connectivity index (χ4n) is 3.63. The number of carbonyl (C=O) groups excluding carboxylic acids is 1. The van der Waals surface area contributed by atoms with Crippen molar-refractivity contribution in [2.45, 2.75) is 50.2 Å². The number of halogens is 1. The Morgan fingerprint density at radius 2 is 2.29 bits per heavy atom. The van der Waals surface area contributed by atoms with Crippen molar-refractivity contribution in [2.24, 2.45) is 0 Å². The fraction of sp³-hybridized carbons (Fsp3) is 0.409. The first kappa shape index (κ1) is 22.3. The molecule has 1 aliphatic heterocycles. The molecule has 9 heteroatoms. The largest absolute Gasteiger partial charge is 0.462 e. The van der Waals surface area contributed by atoms with Crippen molar-refractivity contribution < 1.29 is 14.3 Å². The Morgan fingerprint density at radius 3 is 3.00 bits per heavy atom. The van der Waals surface area contributed by atoms with E-state index in [4.69, 9.17) is 26.1 Å². The van der Waals surface area contributed by atoms with Crippen LogP contribution in [0.15, 0.2) is 34.2 Å². The van der Waals surface area contributed by atoms with E-state index in [0.717, 1.165) is 18.4 Å². The van der Waals surface area contributed by atoms with Gasteiger partial charge in [-0.1, -0.05) is 35.5 Å². The Balaban J connectivity index is 1.76.